The molecule has 1 aromatic heterocycles. The molecule has 0 saturated heterocycles. The van der Waals surface area contributed by atoms with E-state index in [1.54, 1.807) is 19.2 Å². The first-order chi connectivity index (χ1) is 20.5. The fourth-order valence-corrected chi connectivity index (χ4v) is 4.83. The van der Waals surface area contributed by atoms with Gasteiger partial charge in [0.05, 0.1) is 46.1 Å². The molecule has 0 aliphatic heterocycles. The Morgan fingerprint density at radius 1 is 0.881 bits per heavy atom. The standard InChI is InChI=1S/C33H39N3O6/c1-6-11-23-15-16-27(28(20-23)38-2)42-19-10-18-36-26-13-8-7-12-25(26)35-31(36)14-9-17-34-33(37)24-21-29(39-3)32(41-5)30(22-24)40-4/h6-8,11-13,15-16,20-22H,9-10,14,17-19H2,1-5H3,(H,34,37)/b11-6+. The summed E-state index contributed by atoms with van der Waals surface area (Å²) in [4.78, 5) is 17.8. The molecule has 0 aliphatic rings. The van der Waals surface area contributed by atoms with E-state index in [4.69, 9.17) is 28.7 Å². The van der Waals surface area contributed by atoms with Crippen molar-refractivity contribution in [2.45, 2.75) is 32.7 Å². The predicted molar refractivity (Wildman–Crippen MR) is 164 cm³/mol. The van der Waals surface area contributed by atoms with Gasteiger partial charge in [0.2, 0.25) is 5.75 Å². The molecule has 9 nitrogen and oxygen atoms in total. The lowest BCUT2D eigenvalue weighted by Crippen LogP contribution is -2.25. The Hall–Kier alpha value is -4.66. The summed E-state index contributed by atoms with van der Waals surface area (Å²) >= 11 is 0. The van der Waals surface area contributed by atoms with E-state index in [0.717, 1.165) is 47.6 Å². The van der Waals surface area contributed by atoms with Crippen LogP contribution in [0, 0.1) is 0 Å². The van der Waals surface area contributed by atoms with E-state index in [0.29, 0.717) is 48.1 Å². The van der Waals surface area contributed by atoms with Gasteiger partial charge in [-0.1, -0.05) is 30.4 Å². The Morgan fingerprint density at radius 2 is 1.62 bits per heavy atom. The van der Waals surface area contributed by atoms with Crippen molar-refractivity contribution in [1.29, 1.82) is 0 Å². The van der Waals surface area contributed by atoms with Crippen LogP contribution in [0.15, 0.2) is 60.7 Å². The molecular formula is C33H39N3O6. The average molecular weight is 574 g/mol. The normalized spacial score (nSPS) is 11.1. The molecule has 1 N–H and O–H groups in total. The first-order valence-electron chi connectivity index (χ1n) is 14.0. The summed E-state index contributed by atoms with van der Waals surface area (Å²) in [5, 5.41) is 2.99. The first kappa shape index (κ1) is 30.3. The van der Waals surface area contributed by atoms with E-state index in [1.807, 2.05) is 55.5 Å². The van der Waals surface area contributed by atoms with Crippen molar-refractivity contribution in [2.24, 2.45) is 0 Å². The Balaban J connectivity index is 1.36. The van der Waals surface area contributed by atoms with Crippen LogP contribution < -0.4 is 29.0 Å². The maximum absolute atomic E-state index is 12.9. The molecule has 0 radical (unpaired) electrons. The monoisotopic (exact) mass is 573 g/mol. The van der Waals surface area contributed by atoms with Gasteiger partial charge in [0, 0.05) is 25.1 Å². The van der Waals surface area contributed by atoms with Crippen molar-refractivity contribution >= 4 is 23.0 Å². The molecule has 0 saturated carbocycles. The van der Waals surface area contributed by atoms with Gasteiger partial charge in [0.15, 0.2) is 23.0 Å². The third kappa shape index (κ3) is 7.15. The summed E-state index contributed by atoms with van der Waals surface area (Å²) in [5.74, 6) is 3.52. The lowest BCUT2D eigenvalue weighted by molar-refractivity contribution is 0.0952. The number of rotatable bonds is 15. The van der Waals surface area contributed by atoms with Gasteiger partial charge in [0.25, 0.3) is 5.91 Å². The molecule has 3 aromatic carbocycles. The van der Waals surface area contributed by atoms with Gasteiger partial charge in [-0.05, 0) is 61.7 Å². The van der Waals surface area contributed by atoms with Crippen LogP contribution >= 0.6 is 0 Å². The van der Waals surface area contributed by atoms with Gasteiger partial charge in [-0.25, -0.2) is 4.98 Å². The fraction of sp³-hybridized carbons (Fsp3) is 0.333. The van der Waals surface area contributed by atoms with Crippen molar-refractivity contribution in [1.82, 2.24) is 14.9 Å². The molecule has 1 heterocycles. The zero-order valence-electron chi connectivity index (χ0n) is 24.9. The SMILES string of the molecule is C/C=C/c1ccc(OCCCn2c(CCCNC(=O)c3cc(OC)c(OC)c(OC)c3)nc3ccccc32)c(OC)c1. The van der Waals surface area contributed by atoms with Crippen molar-refractivity contribution in [3.05, 3.63) is 77.6 Å². The van der Waals surface area contributed by atoms with Crippen LogP contribution in [0.1, 0.15) is 41.5 Å². The van der Waals surface area contributed by atoms with E-state index in [2.05, 4.69) is 16.0 Å². The summed E-state index contributed by atoms with van der Waals surface area (Å²) in [6, 6.07) is 17.3. The van der Waals surface area contributed by atoms with Crippen LogP contribution in [-0.2, 0) is 13.0 Å². The van der Waals surface area contributed by atoms with E-state index in [-0.39, 0.29) is 5.91 Å². The van der Waals surface area contributed by atoms with E-state index < -0.39 is 0 Å². The molecule has 0 bridgehead atoms. The minimum atomic E-state index is -0.214. The minimum absolute atomic E-state index is 0.214. The number of para-hydroxylation sites is 2. The molecule has 0 fully saturated rings. The molecule has 0 spiro atoms. The van der Waals surface area contributed by atoms with Gasteiger partial charge >= 0.3 is 0 Å². The number of amides is 1. The quantitative estimate of drug-likeness (QED) is 0.176. The van der Waals surface area contributed by atoms with Crippen molar-refractivity contribution in [3.63, 3.8) is 0 Å². The van der Waals surface area contributed by atoms with Crippen LogP contribution in [0.2, 0.25) is 0 Å². The number of nitrogens with zero attached hydrogens (tertiary/aromatic N) is 2. The summed E-state index contributed by atoms with van der Waals surface area (Å²) in [7, 11) is 6.23. The number of aryl methyl sites for hydroxylation is 2. The third-order valence-corrected chi connectivity index (χ3v) is 6.85. The summed E-state index contributed by atoms with van der Waals surface area (Å²) in [5.41, 5.74) is 3.54. The highest BCUT2D eigenvalue weighted by Crippen LogP contribution is 2.38. The Bertz CT molecular complexity index is 1500. The second-order valence-electron chi connectivity index (χ2n) is 9.55. The molecule has 4 rings (SSSR count). The fourth-order valence-electron chi connectivity index (χ4n) is 4.83. The number of fused-ring (bicyclic) bond motifs is 1. The number of carbonyl (C=O) groups excluding carboxylic acids is 1. The Kier molecular flexibility index (Phi) is 10.7. The number of carbonyl (C=O) groups is 1. The summed E-state index contributed by atoms with van der Waals surface area (Å²) < 4.78 is 29.9. The summed E-state index contributed by atoms with van der Waals surface area (Å²) in [6.07, 6.45) is 6.25. The molecule has 0 aliphatic carbocycles. The molecule has 1 amide bonds. The Labute approximate surface area is 247 Å². The molecule has 4 aromatic rings. The van der Waals surface area contributed by atoms with Crippen LogP contribution in [0.4, 0.5) is 0 Å². The number of imidazole rings is 1. The molecule has 42 heavy (non-hydrogen) atoms. The first-order valence-corrected chi connectivity index (χ1v) is 14.0. The van der Waals surface area contributed by atoms with Crippen molar-refractivity contribution in [2.75, 3.05) is 41.6 Å². The molecular weight excluding hydrogens is 534 g/mol. The van der Waals surface area contributed by atoms with Gasteiger partial charge < -0.3 is 33.6 Å². The molecule has 0 atom stereocenters. The van der Waals surface area contributed by atoms with Crippen LogP contribution in [0.3, 0.4) is 0 Å². The lowest BCUT2D eigenvalue weighted by Gasteiger charge is -2.14. The molecule has 0 unspecified atom stereocenters. The van der Waals surface area contributed by atoms with Gasteiger partial charge in [-0.2, -0.15) is 0 Å². The number of benzene rings is 3. The van der Waals surface area contributed by atoms with Gasteiger partial charge in [-0.3, -0.25) is 4.79 Å². The number of hydrogen-bond acceptors (Lipinski definition) is 7. The number of ether oxygens (including phenoxy) is 5. The highest BCUT2D eigenvalue weighted by molar-refractivity contribution is 5.95. The predicted octanol–water partition coefficient (Wildman–Crippen LogP) is 5.94. The van der Waals surface area contributed by atoms with E-state index >= 15 is 0 Å². The molecule has 222 valence electrons. The van der Waals surface area contributed by atoms with Crippen LogP contribution in [0.25, 0.3) is 17.1 Å². The highest BCUT2D eigenvalue weighted by Gasteiger charge is 2.17. The lowest BCUT2D eigenvalue weighted by atomic mass is 10.1. The van der Waals surface area contributed by atoms with E-state index in [1.165, 1.54) is 21.3 Å². The van der Waals surface area contributed by atoms with Crippen molar-refractivity contribution in [3.8, 4) is 28.7 Å². The topological polar surface area (TPSA) is 93.1 Å². The number of allylic oxidation sites excluding steroid dienone is 1. The summed E-state index contributed by atoms with van der Waals surface area (Å²) in [6.45, 7) is 3.77. The number of hydrogen-bond donors (Lipinski definition) is 1. The third-order valence-electron chi connectivity index (χ3n) is 6.85. The number of methoxy groups -OCH3 is 4. The largest absolute Gasteiger partial charge is 0.493 e. The zero-order valence-corrected chi connectivity index (χ0v) is 24.9. The van der Waals surface area contributed by atoms with E-state index in [9.17, 15) is 4.79 Å². The smallest absolute Gasteiger partial charge is 0.251 e. The number of aromatic nitrogens is 2. The molecule has 9 heteroatoms. The van der Waals surface area contributed by atoms with Crippen LogP contribution in [-0.4, -0.2) is 57.0 Å². The Morgan fingerprint density at radius 3 is 2.31 bits per heavy atom. The second kappa shape index (κ2) is 14.8. The average Bonchev–Trinajstić information content (AvgIpc) is 3.38. The van der Waals surface area contributed by atoms with Gasteiger partial charge in [-0.15, -0.1) is 0 Å². The van der Waals surface area contributed by atoms with Crippen molar-refractivity contribution < 1.29 is 28.5 Å². The maximum atomic E-state index is 12.9. The minimum Gasteiger partial charge on any atom is -0.493 e. The van der Waals surface area contributed by atoms with Gasteiger partial charge in [0.1, 0.15) is 5.82 Å². The zero-order chi connectivity index (χ0) is 29.9. The number of nitrogens with one attached hydrogen (secondary N) is 1. The maximum Gasteiger partial charge on any atom is 0.251 e. The van der Waals surface area contributed by atoms with Crippen LogP contribution in [0.5, 0.6) is 28.7 Å². The highest BCUT2D eigenvalue weighted by atomic mass is 16.5. The second-order valence-corrected chi connectivity index (χ2v) is 9.55.